The number of ether oxygens (including phenoxy) is 1. The van der Waals surface area contributed by atoms with Gasteiger partial charge in [-0.2, -0.15) is 0 Å². The van der Waals surface area contributed by atoms with Crippen LogP contribution in [0.3, 0.4) is 0 Å². The van der Waals surface area contributed by atoms with Crippen molar-refractivity contribution in [3.05, 3.63) is 24.0 Å². The van der Waals surface area contributed by atoms with Crippen molar-refractivity contribution in [2.75, 3.05) is 26.3 Å². The summed E-state index contributed by atoms with van der Waals surface area (Å²) in [6.45, 7) is 3.91. The molecule has 3 rings (SSSR count). The number of hydrogen-bond donors (Lipinski definition) is 1. The number of rotatable bonds is 3. The van der Waals surface area contributed by atoms with E-state index in [1.807, 2.05) is 16.8 Å². The second-order valence-corrected chi connectivity index (χ2v) is 6.07. The van der Waals surface area contributed by atoms with E-state index in [1.54, 1.807) is 6.07 Å². The van der Waals surface area contributed by atoms with Crippen molar-refractivity contribution < 1.29 is 14.6 Å². The van der Waals surface area contributed by atoms with Crippen LogP contribution in [0.5, 0.6) is 0 Å². The highest BCUT2D eigenvalue weighted by atomic mass is 16.5. The SMILES string of the molecule is O=C(O)c1cccn1C1CCN(C2CCCOCC2)CC1. The van der Waals surface area contributed by atoms with Gasteiger partial charge < -0.3 is 19.3 Å². The summed E-state index contributed by atoms with van der Waals surface area (Å²) in [7, 11) is 0. The first-order valence-corrected chi connectivity index (χ1v) is 7.97. The number of piperidine rings is 1. The summed E-state index contributed by atoms with van der Waals surface area (Å²) in [6, 6.07) is 4.50. The van der Waals surface area contributed by atoms with Crippen LogP contribution in [0.4, 0.5) is 0 Å². The van der Waals surface area contributed by atoms with Crippen LogP contribution in [0.15, 0.2) is 18.3 Å². The Bertz CT molecular complexity index is 470. The van der Waals surface area contributed by atoms with Crippen LogP contribution in [-0.2, 0) is 4.74 Å². The molecule has 0 aliphatic carbocycles. The second kappa shape index (κ2) is 6.62. The zero-order valence-corrected chi connectivity index (χ0v) is 12.4. The molecule has 0 bridgehead atoms. The summed E-state index contributed by atoms with van der Waals surface area (Å²) >= 11 is 0. The molecule has 1 unspecified atom stereocenters. The minimum atomic E-state index is -0.830. The lowest BCUT2D eigenvalue weighted by Crippen LogP contribution is -2.42. The van der Waals surface area contributed by atoms with E-state index >= 15 is 0 Å². The quantitative estimate of drug-likeness (QED) is 0.929. The van der Waals surface area contributed by atoms with Crippen LogP contribution in [0, 0.1) is 0 Å². The van der Waals surface area contributed by atoms with Gasteiger partial charge in [0.15, 0.2) is 0 Å². The molecule has 0 radical (unpaired) electrons. The normalized spacial score (nSPS) is 25.6. The fraction of sp³-hybridized carbons (Fsp3) is 0.688. The summed E-state index contributed by atoms with van der Waals surface area (Å²) < 4.78 is 7.48. The molecule has 1 aromatic heterocycles. The number of nitrogens with zero attached hydrogens (tertiary/aromatic N) is 2. The van der Waals surface area contributed by atoms with Crippen LogP contribution in [0.1, 0.15) is 48.6 Å². The lowest BCUT2D eigenvalue weighted by atomic mass is 9.99. The van der Waals surface area contributed by atoms with Crippen molar-refractivity contribution in [2.45, 2.75) is 44.2 Å². The molecule has 21 heavy (non-hydrogen) atoms. The van der Waals surface area contributed by atoms with Gasteiger partial charge in [0.05, 0.1) is 0 Å². The molecule has 116 valence electrons. The lowest BCUT2D eigenvalue weighted by molar-refractivity contribution is 0.0673. The molecule has 1 atom stereocenters. The zero-order valence-electron chi connectivity index (χ0n) is 12.4. The Morgan fingerprint density at radius 1 is 1.14 bits per heavy atom. The molecule has 2 aliphatic heterocycles. The van der Waals surface area contributed by atoms with Crippen molar-refractivity contribution in [3.8, 4) is 0 Å². The number of carboxylic acid groups (broad SMARTS) is 1. The number of hydrogen-bond acceptors (Lipinski definition) is 3. The molecule has 5 heteroatoms. The smallest absolute Gasteiger partial charge is 0.352 e. The first-order valence-electron chi connectivity index (χ1n) is 7.97. The maximum absolute atomic E-state index is 11.2. The molecule has 3 heterocycles. The average Bonchev–Trinajstić information content (AvgIpc) is 2.83. The van der Waals surface area contributed by atoms with Gasteiger partial charge in [0.1, 0.15) is 5.69 Å². The van der Waals surface area contributed by atoms with Gasteiger partial charge in [0.25, 0.3) is 0 Å². The third-order valence-electron chi connectivity index (χ3n) is 4.83. The van der Waals surface area contributed by atoms with E-state index in [9.17, 15) is 9.90 Å². The van der Waals surface area contributed by atoms with Crippen molar-refractivity contribution in [1.82, 2.24) is 9.47 Å². The first-order chi connectivity index (χ1) is 10.3. The molecule has 1 N–H and O–H groups in total. The third-order valence-corrected chi connectivity index (χ3v) is 4.83. The van der Waals surface area contributed by atoms with Gasteiger partial charge in [-0.1, -0.05) is 0 Å². The van der Waals surface area contributed by atoms with E-state index in [-0.39, 0.29) is 0 Å². The minimum absolute atomic E-state index is 0.323. The van der Waals surface area contributed by atoms with Crippen molar-refractivity contribution in [2.24, 2.45) is 0 Å². The fourth-order valence-corrected chi connectivity index (χ4v) is 3.67. The number of likely N-dealkylation sites (tertiary alicyclic amines) is 1. The van der Waals surface area contributed by atoms with E-state index in [0.29, 0.717) is 17.8 Å². The summed E-state index contributed by atoms with van der Waals surface area (Å²) in [4.78, 5) is 13.8. The minimum Gasteiger partial charge on any atom is -0.477 e. The van der Waals surface area contributed by atoms with Gasteiger partial charge in [0.2, 0.25) is 0 Å². The van der Waals surface area contributed by atoms with Crippen molar-refractivity contribution in [3.63, 3.8) is 0 Å². The van der Waals surface area contributed by atoms with Gasteiger partial charge in [-0.25, -0.2) is 4.79 Å². The first kappa shape index (κ1) is 14.6. The van der Waals surface area contributed by atoms with Crippen LogP contribution in [0.2, 0.25) is 0 Å². The van der Waals surface area contributed by atoms with E-state index in [0.717, 1.165) is 52.0 Å². The van der Waals surface area contributed by atoms with Gasteiger partial charge in [0, 0.05) is 44.6 Å². The van der Waals surface area contributed by atoms with Crippen LogP contribution in [0.25, 0.3) is 0 Å². The average molecular weight is 292 g/mol. The van der Waals surface area contributed by atoms with Gasteiger partial charge in [-0.15, -0.1) is 0 Å². The fourth-order valence-electron chi connectivity index (χ4n) is 3.67. The topological polar surface area (TPSA) is 54.7 Å². The molecule has 1 aromatic rings. The van der Waals surface area contributed by atoms with E-state index < -0.39 is 5.97 Å². The number of carbonyl (C=O) groups is 1. The predicted octanol–water partition coefficient (Wildman–Crippen LogP) is 2.39. The summed E-state index contributed by atoms with van der Waals surface area (Å²) in [5.41, 5.74) is 0.413. The van der Waals surface area contributed by atoms with E-state index in [1.165, 1.54) is 6.42 Å². The number of aromatic carboxylic acids is 1. The Kier molecular flexibility index (Phi) is 4.60. The Morgan fingerprint density at radius 2 is 1.95 bits per heavy atom. The van der Waals surface area contributed by atoms with Crippen LogP contribution >= 0.6 is 0 Å². The third kappa shape index (κ3) is 3.30. The highest BCUT2D eigenvalue weighted by molar-refractivity contribution is 5.85. The highest BCUT2D eigenvalue weighted by Gasteiger charge is 2.27. The highest BCUT2D eigenvalue weighted by Crippen LogP contribution is 2.27. The molecule has 5 nitrogen and oxygen atoms in total. The van der Waals surface area contributed by atoms with Gasteiger partial charge >= 0.3 is 5.97 Å². The Morgan fingerprint density at radius 3 is 2.71 bits per heavy atom. The van der Waals surface area contributed by atoms with E-state index in [4.69, 9.17) is 4.74 Å². The lowest BCUT2D eigenvalue weighted by Gasteiger charge is -2.38. The van der Waals surface area contributed by atoms with Crippen LogP contribution in [-0.4, -0.2) is 52.9 Å². The molecule has 0 aromatic carbocycles. The Balaban J connectivity index is 1.59. The monoisotopic (exact) mass is 292 g/mol. The molecule has 0 spiro atoms. The number of carboxylic acids is 1. The van der Waals surface area contributed by atoms with Gasteiger partial charge in [-0.3, -0.25) is 0 Å². The summed E-state index contributed by atoms with van der Waals surface area (Å²) in [5.74, 6) is -0.830. The maximum atomic E-state index is 11.2. The van der Waals surface area contributed by atoms with E-state index in [2.05, 4.69) is 4.90 Å². The zero-order chi connectivity index (χ0) is 14.7. The largest absolute Gasteiger partial charge is 0.477 e. The van der Waals surface area contributed by atoms with Crippen molar-refractivity contribution in [1.29, 1.82) is 0 Å². The van der Waals surface area contributed by atoms with Crippen LogP contribution < -0.4 is 0 Å². The summed E-state index contributed by atoms with van der Waals surface area (Å²) in [5, 5.41) is 9.23. The second-order valence-electron chi connectivity index (χ2n) is 6.07. The molecule has 0 saturated carbocycles. The molecule has 2 aliphatic rings. The molecular weight excluding hydrogens is 268 g/mol. The summed E-state index contributed by atoms with van der Waals surface area (Å²) in [6.07, 6.45) is 7.50. The van der Waals surface area contributed by atoms with Crippen molar-refractivity contribution >= 4 is 5.97 Å². The standard InChI is InChI=1S/C16H24N2O3/c19-16(20)15-4-1-8-18(15)14-5-9-17(10-6-14)13-3-2-11-21-12-7-13/h1,4,8,13-14H,2-3,5-7,9-12H2,(H,19,20). The maximum Gasteiger partial charge on any atom is 0.352 e. The molecule has 2 saturated heterocycles. The Labute approximate surface area is 125 Å². The van der Waals surface area contributed by atoms with Gasteiger partial charge in [-0.05, 0) is 44.2 Å². The molecule has 2 fully saturated rings. The predicted molar refractivity (Wildman–Crippen MR) is 79.7 cm³/mol. The Hall–Kier alpha value is -1.33. The number of aromatic nitrogens is 1. The molecule has 0 amide bonds. The molecular formula is C16H24N2O3.